The molecule has 0 aliphatic carbocycles. The molecule has 2 nitrogen and oxygen atoms in total. The minimum Gasteiger partial charge on any atom is -0.351 e. The molecule has 0 saturated heterocycles. The van der Waals surface area contributed by atoms with E-state index >= 15 is 0 Å². The van der Waals surface area contributed by atoms with Crippen molar-refractivity contribution in [3.05, 3.63) is 107 Å². The van der Waals surface area contributed by atoms with Gasteiger partial charge in [0.25, 0.3) is 5.91 Å². The fourth-order valence-corrected chi connectivity index (χ4v) is 3.12. The van der Waals surface area contributed by atoms with Crippen LogP contribution in [0, 0.1) is 0 Å². The zero-order chi connectivity index (χ0) is 18.2. The first-order valence-electron chi connectivity index (χ1n) is 9.19. The van der Waals surface area contributed by atoms with E-state index in [4.69, 9.17) is 0 Å². The van der Waals surface area contributed by atoms with E-state index < -0.39 is 0 Å². The van der Waals surface area contributed by atoms with Crippen LogP contribution >= 0.6 is 0 Å². The molecule has 2 heteroatoms. The minimum atomic E-state index is 0.0106. The molecule has 0 aromatic heterocycles. The van der Waals surface area contributed by atoms with Crippen LogP contribution in [0.5, 0.6) is 0 Å². The lowest BCUT2D eigenvalue weighted by Gasteiger charge is -2.15. The van der Waals surface area contributed by atoms with Gasteiger partial charge in [0, 0.05) is 12.1 Å². The van der Waals surface area contributed by atoms with Gasteiger partial charge in [-0.3, -0.25) is 4.79 Å². The summed E-state index contributed by atoms with van der Waals surface area (Å²) in [6.07, 6.45) is 1.80. The van der Waals surface area contributed by atoms with Gasteiger partial charge in [-0.15, -0.1) is 0 Å². The Morgan fingerprint density at radius 3 is 2.15 bits per heavy atom. The molecule has 0 bridgehead atoms. The van der Waals surface area contributed by atoms with Crippen LogP contribution in [0.4, 0.5) is 0 Å². The molecule has 3 aromatic rings. The Balaban J connectivity index is 1.62. The van der Waals surface area contributed by atoms with Crippen LogP contribution in [0.3, 0.4) is 0 Å². The Morgan fingerprint density at radius 2 is 1.42 bits per heavy atom. The summed E-state index contributed by atoms with van der Waals surface area (Å²) in [6.45, 7) is 2.77. The van der Waals surface area contributed by atoms with E-state index in [1.165, 1.54) is 11.1 Å². The third-order valence-corrected chi connectivity index (χ3v) is 4.73. The highest BCUT2D eigenvalue weighted by molar-refractivity contribution is 5.95. The van der Waals surface area contributed by atoms with Gasteiger partial charge in [-0.05, 0) is 41.5 Å². The van der Waals surface area contributed by atoms with E-state index in [1.54, 1.807) is 0 Å². The molecule has 1 atom stereocenters. The predicted molar refractivity (Wildman–Crippen MR) is 107 cm³/mol. The molecular weight excluding hydrogens is 318 g/mol. The highest BCUT2D eigenvalue weighted by Gasteiger charge is 2.12. The molecule has 132 valence electrons. The smallest absolute Gasteiger partial charge is 0.251 e. The van der Waals surface area contributed by atoms with Crippen molar-refractivity contribution in [1.29, 1.82) is 0 Å². The Bertz CT molecular complexity index is 827. The second-order valence-electron chi connectivity index (χ2n) is 6.66. The number of aryl methyl sites for hydroxylation is 2. The summed E-state index contributed by atoms with van der Waals surface area (Å²) in [7, 11) is 0. The molecular formula is C24H25NO. The first-order chi connectivity index (χ1) is 12.7. The topological polar surface area (TPSA) is 29.1 Å². The average Bonchev–Trinajstić information content (AvgIpc) is 2.72. The third-order valence-electron chi connectivity index (χ3n) is 4.73. The van der Waals surface area contributed by atoms with E-state index in [2.05, 4.69) is 54.7 Å². The molecule has 3 aromatic carbocycles. The molecule has 3 rings (SSSR count). The van der Waals surface area contributed by atoms with Gasteiger partial charge in [0.05, 0.1) is 0 Å². The van der Waals surface area contributed by atoms with E-state index in [1.807, 2.05) is 42.5 Å². The third kappa shape index (κ3) is 4.82. The van der Waals surface area contributed by atoms with E-state index in [0.717, 1.165) is 24.0 Å². The Morgan fingerprint density at radius 1 is 0.808 bits per heavy atom. The van der Waals surface area contributed by atoms with Crippen LogP contribution in [-0.2, 0) is 12.8 Å². The number of carbonyl (C=O) groups excluding carboxylic acids is 1. The highest BCUT2D eigenvalue weighted by atomic mass is 16.1. The maximum absolute atomic E-state index is 12.7. The summed E-state index contributed by atoms with van der Waals surface area (Å²) in [4.78, 5) is 12.7. The molecule has 0 aliphatic rings. The minimum absolute atomic E-state index is 0.0106. The van der Waals surface area contributed by atoms with Crippen molar-refractivity contribution in [2.24, 2.45) is 0 Å². The van der Waals surface area contributed by atoms with Crippen molar-refractivity contribution in [3.8, 4) is 0 Å². The Kier molecular flexibility index (Phi) is 6.21. The van der Waals surface area contributed by atoms with E-state index in [-0.39, 0.29) is 11.8 Å². The molecule has 26 heavy (non-hydrogen) atoms. The normalized spacial score (nSPS) is 11.7. The lowest BCUT2D eigenvalue weighted by molar-refractivity contribution is 0.0950. The number of rotatable bonds is 7. The SMILES string of the molecule is C[C@H](CNC(=O)c1ccccc1CCc1ccccc1)c1ccccc1. The number of benzene rings is 3. The summed E-state index contributed by atoms with van der Waals surface area (Å²) in [6, 6.07) is 28.6. The van der Waals surface area contributed by atoms with Crippen LogP contribution in [0.15, 0.2) is 84.9 Å². The fraction of sp³-hybridized carbons (Fsp3) is 0.208. The second-order valence-corrected chi connectivity index (χ2v) is 6.66. The van der Waals surface area contributed by atoms with E-state index in [0.29, 0.717) is 6.54 Å². The molecule has 1 N–H and O–H groups in total. The predicted octanol–water partition coefficient (Wildman–Crippen LogP) is 5.01. The number of hydrogen-bond donors (Lipinski definition) is 1. The molecule has 1 amide bonds. The Hall–Kier alpha value is -2.87. The Labute approximate surface area is 155 Å². The molecule has 0 radical (unpaired) electrons. The highest BCUT2D eigenvalue weighted by Crippen LogP contribution is 2.15. The molecule has 0 unspecified atom stereocenters. The fourth-order valence-electron chi connectivity index (χ4n) is 3.12. The van der Waals surface area contributed by atoms with Crippen LogP contribution < -0.4 is 5.32 Å². The molecule has 0 saturated carbocycles. The van der Waals surface area contributed by atoms with Crippen molar-refractivity contribution >= 4 is 5.91 Å². The van der Waals surface area contributed by atoms with Crippen molar-refractivity contribution in [2.75, 3.05) is 6.54 Å². The zero-order valence-electron chi connectivity index (χ0n) is 15.2. The van der Waals surface area contributed by atoms with Gasteiger partial charge in [0.2, 0.25) is 0 Å². The van der Waals surface area contributed by atoms with Gasteiger partial charge in [0.1, 0.15) is 0 Å². The van der Waals surface area contributed by atoms with Crippen LogP contribution in [0.2, 0.25) is 0 Å². The van der Waals surface area contributed by atoms with Crippen molar-refractivity contribution < 1.29 is 4.79 Å². The van der Waals surface area contributed by atoms with Gasteiger partial charge < -0.3 is 5.32 Å². The zero-order valence-corrected chi connectivity index (χ0v) is 15.2. The lowest BCUT2D eigenvalue weighted by Crippen LogP contribution is -2.28. The van der Waals surface area contributed by atoms with E-state index in [9.17, 15) is 4.79 Å². The summed E-state index contributed by atoms with van der Waals surface area (Å²) in [5.74, 6) is 0.299. The molecule has 0 heterocycles. The average molecular weight is 343 g/mol. The summed E-state index contributed by atoms with van der Waals surface area (Å²) >= 11 is 0. The largest absolute Gasteiger partial charge is 0.351 e. The standard InChI is InChI=1S/C24H25NO/c1-19(21-12-6-3-7-13-21)18-25-24(26)23-15-9-8-14-22(23)17-16-20-10-4-2-5-11-20/h2-15,19H,16-18H2,1H3,(H,25,26)/t19-/m1/s1. The van der Waals surface area contributed by atoms with Gasteiger partial charge in [-0.1, -0.05) is 85.8 Å². The number of nitrogens with one attached hydrogen (secondary N) is 1. The first kappa shape index (κ1) is 17.9. The van der Waals surface area contributed by atoms with Crippen molar-refractivity contribution in [1.82, 2.24) is 5.32 Å². The van der Waals surface area contributed by atoms with Gasteiger partial charge in [-0.25, -0.2) is 0 Å². The van der Waals surface area contributed by atoms with Crippen molar-refractivity contribution in [2.45, 2.75) is 25.7 Å². The summed E-state index contributed by atoms with van der Waals surface area (Å²) in [5, 5.41) is 3.10. The van der Waals surface area contributed by atoms with Crippen LogP contribution in [0.25, 0.3) is 0 Å². The van der Waals surface area contributed by atoms with Crippen molar-refractivity contribution in [3.63, 3.8) is 0 Å². The summed E-state index contributed by atoms with van der Waals surface area (Å²) < 4.78 is 0. The van der Waals surface area contributed by atoms with Crippen LogP contribution in [-0.4, -0.2) is 12.5 Å². The number of carbonyl (C=O) groups is 1. The second kappa shape index (κ2) is 9.00. The monoisotopic (exact) mass is 343 g/mol. The van der Waals surface area contributed by atoms with Crippen LogP contribution in [0.1, 0.15) is 39.9 Å². The van der Waals surface area contributed by atoms with Gasteiger partial charge in [-0.2, -0.15) is 0 Å². The quantitative estimate of drug-likeness (QED) is 0.642. The summed E-state index contributed by atoms with van der Waals surface area (Å²) in [5.41, 5.74) is 4.41. The molecule has 0 fully saturated rings. The van der Waals surface area contributed by atoms with Gasteiger partial charge >= 0.3 is 0 Å². The molecule has 0 aliphatic heterocycles. The lowest BCUT2D eigenvalue weighted by atomic mass is 9.98. The number of hydrogen-bond acceptors (Lipinski definition) is 1. The maximum atomic E-state index is 12.7. The first-order valence-corrected chi connectivity index (χ1v) is 9.19. The van der Waals surface area contributed by atoms with Gasteiger partial charge in [0.15, 0.2) is 0 Å². The maximum Gasteiger partial charge on any atom is 0.251 e. The molecule has 0 spiro atoms. The number of amides is 1.